The summed E-state index contributed by atoms with van der Waals surface area (Å²) in [6.45, 7) is 9.88. The van der Waals surface area contributed by atoms with E-state index < -0.39 is 0 Å². The van der Waals surface area contributed by atoms with Crippen molar-refractivity contribution in [3.8, 4) is 0 Å². The molecule has 1 aromatic heterocycles. The first-order valence-electron chi connectivity index (χ1n) is 6.74. The summed E-state index contributed by atoms with van der Waals surface area (Å²) in [4.78, 5) is 2.41. The molecule has 96 valence electrons. The summed E-state index contributed by atoms with van der Waals surface area (Å²) >= 11 is 0. The Bertz CT molecular complexity index is 345. The zero-order valence-electron chi connectivity index (χ0n) is 11.2. The maximum atomic E-state index is 4.66. The normalized spacial score (nSPS) is 21.9. The second kappa shape index (κ2) is 5.54. The lowest BCUT2D eigenvalue weighted by Crippen LogP contribution is -2.37. The van der Waals surface area contributed by atoms with Crippen LogP contribution in [0.3, 0.4) is 0 Å². The van der Waals surface area contributed by atoms with Crippen molar-refractivity contribution in [2.75, 3.05) is 24.5 Å². The number of nitrogens with zero attached hydrogens (tertiary/aromatic N) is 3. The average Bonchev–Trinajstić information content (AvgIpc) is 2.69. The Morgan fingerprint density at radius 3 is 3.00 bits per heavy atom. The first-order valence-corrected chi connectivity index (χ1v) is 6.74. The molecule has 1 aliphatic rings. The van der Waals surface area contributed by atoms with Gasteiger partial charge < -0.3 is 10.2 Å². The van der Waals surface area contributed by atoms with Crippen LogP contribution in [0.5, 0.6) is 0 Å². The molecule has 0 aromatic carbocycles. The first kappa shape index (κ1) is 12.4. The zero-order valence-corrected chi connectivity index (χ0v) is 11.2. The molecule has 0 radical (unpaired) electrons. The number of anilines is 1. The van der Waals surface area contributed by atoms with Crippen molar-refractivity contribution >= 4 is 5.82 Å². The van der Waals surface area contributed by atoms with Gasteiger partial charge in [-0.15, -0.1) is 0 Å². The molecule has 1 fully saturated rings. The van der Waals surface area contributed by atoms with E-state index in [9.17, 15) is 0 Å². The van der Waals surface area contributed by atoms with Gasteiger partial charge in [0, 0.05) is 37.4 Å². The molecule has 2 heterocycles. The lowest BCUT2D eigenvalue weighted by molar-refractivity contribution is 0.518. The van der Waals surface area contributed by atoms with E-state index in [1.54, 1.807) is 0 Å². The fourth-order valence-corrected chi connectivity index (χ4v) is 2.26. The summed E-state index contributed by atoms with van der Waals surface area (Å²) in [6.07, 6.45) is 4.46. The van der Waals surface area contributed by atoms with Crippen LogP contribution in [0, 0.1) is 0 Å². The minimum absolute atomic E-state index is 0.441. The molecule has 0 spiro atoms. The van der Waals surface area contributed by atoms with Crippen molar-refractivity contribution in [1.82, 2.24) is 15.1 Å². The fourth-order valence-electron chi connectivity index (χ4n) is 2.26. The van der Waals surface area contributed by atoms with Gasteiger partial charge in [-0.2, -0.15) is 5.10 Å². The molecule has 1 aliphatic heterocycles. The van der Waals surface area contributed by atoms with Gasteiger partial charge in [0.2, 0.25) is 0 Å². The molecule has 1 N–H and O–H groups in total. The van der Waals surface area contributed by atoms with Gasteiger partial charge in [-0.3, -0.25) is 4.68 Å². The van der Waals surface area contributed by atoms with Crippen LogP contribution in [0.1, 0.15) is 39.7 Å². The third-order valence-electron chi connectivity index (χ3n) is 3.42. The van der Waals surface area contributed by atoms with Crippen molar-refractivity contribution in [3.63, 3.8) is 0 Å². The summed E-state index contributed by atoms with van der Waals surface area (Å²) in [6, 6.07) is 3.18. The monoisotopic (exact) mass is 236 g/mol. The van der Waals surface area contributed by atoms with E-state index in [0.717, 1.165) is 25.5 Å². The Balaban J connectivity index is 2.08. The molecule has 0 saturated carbocycles. The van der Waals surface area contributed by atoms with E-state index in [0.29, 0.717) is 12.1 Å². The van der Waals surface area contributed by atoms with Crippen LogP contribution in [0.25, 0.3) is 0 Å². The van der Waals surface area contributed by atoms with E-state index in [-0.39, 0.29) is 0 Å². The van der Waals surface area contributed by atoms with Crippen molar-refractivity contribution in [3.05, 3.63) is 12.3 Å². The number of nitrogens with one attached hydrogen (secondary N) is 1. The van der Waals surface area contributed by atoms with Crippen molar-refractivity contribution in [2.45, 2.75) is 45.7 Å². The maximum Gasteiger partial charge on any atom is 0.150 e. The largest absolute Gasteiger partial charge is 0.354 e. The second-order valence-electron chi connectivity index (χ2n) is 5.11. The highest BCUT2D eigenvalue weighted by Gasteiger charge is 2.18. The molecular formula is C13H24N4. The molecule has 1 unspecified atom stereocenters. The molecule has 4 heteroatoms. The summed E-state index contributed by atoms with van der Waals surface area (Å²) in [5.41, 5.74) is 0. The number of hydrogen-bond donors (Lipinski definition) is 1. The van der Waals surface area contributed by atoms with Gasteiger partial charge in [0.15, 0.2) is 5.82 Å². The topological polar surface area (TPSA) is 33.1 Å². The van der Waals surface area contributed by atoms with Gasteiger partial charge in [0.05, 0.1) is 0 Å². The summed E-state index contributed by atoms with van der Waals surface area (Å²) in [7, 11) is 0. The van der Waals surface area contributed by atoms with Crippen LogP contribution < -0.4 is 10.2 Å². The van der Waals surface area contributed by atoms with E-state index in [2.05, 4.69) is 48.3 Å². The van der Waals surface area contributed by atoms with Crippen LogP contribution in [0.15, 0.2) is 12.3 Å². The van der Waals surface area contributed by atoms with Crippen molar-refractivity contribution < 1.29 is 0 Å². The highest BCUT2D eigenvalue weighted by Crippen LogP contribution is 2.16. The second-order valence-corrected chi connectivity index (χ2v) is 5.11. The molecule has 1 aromatic rings. The highest BCUT2D eigenvalue weighted by molar-refractivity contribution is 5.37. The quantitative estimate of drug-likeness (QED) is 0.872. The molecule has 2 rings (SSSR count). The Labute approximate surface area is 104 Å². The summed E-state index contributed by atoms with van der Waals surface area (Å²) in [5, 5.41) is 8.24. The molecule has 1 saturated heterocycles. The van der Waals surface area contributed by atoms with Crippen LogP contribution in [-0.2, 0) is 0 Å². The van der Waals surface area contributed by atoms with Crippen molar-refractivity contribution in [2.24, 2.45) is 0 Å². The van der Waals surface area contributed by atoms with E-state index in [4.69, 9.17) is 0 Å². The zero-order chi connectivity index (χ0) is 12.3. The smallest absolute Gasteiger partial charge is 0.150 e. The van der Waals surface area contributed by atoms with Crippen LogP contribution >= 0.6 is 0 Å². The molecule has 1 atom stereocenters. The Kier molecular flexibility index (Phi) is 4.05. The van der Waals surface area contributed by atoms with E-state index in [1.807, 2.05) is 4.68 Å². The highest BCUT2D eigenvalue weighted by atomic mass is 15.4. The Hall–Kier alpha value is -1.03. The van der Waals surface area contributed by atoms with Gasteiger partial charge >= 0.3 is 0 Å². The lowest BCUT2D eigenvalue weighted by atomic mass is 10.2. The third-order valence-corrected chi connectivity index (χ3v) is 3.42. The van der Waals surface area contributed by atoms with Crippen molar-refractivity contribution in [1.29, 1.82) is 0 Å². The molecule has 0 amide bonds. The van der Waals surface area contributed by atoms with Crippen LogP contribution in [0.2, 0.25) is 0 Å². The Morgan fingerprint density at radius 2 is 2.35 bits per heavy atom. The van der Waals surface area contributed by atoms with Crippen LogP contribution in [-0.4, -0.2) is 35.5 Å². The maximum absolute atomic E-state index is 4.66. The van der Waals surface area contributed by atoms with E-state index in [1.165, 1.54) is 12.8 Å². The lowest BCUT2D eigenvalue weighted by Gasteiger charge is -2.23. The minimum atomic E-state index is 0.441. The van der Waals surface area contributed by atoms with Gasteiger partial charge in [-0.05, 0) is 33.2 Å². The number of aromatic nitrogens is 2. The Morgan fingerprint density at radius 1 is 1.53 bits per heavy atom. The number of hydrogen-bond acceptors (Lipinski definition) is 3. The minimum Gasteiger partial charge on any atom is -0.354 e. The molecular weight excluding hydrogens is 212 g/mol. The molecule has 17 heavy (non-hydrogen) atoms. The van der Waals surface area contributed by atoms with Gasteiger partial charge in [0.1, 0.15) is 0 Å². The van der Waals surface area contributed by atoms with Crippen LogP contribution in [0.4, 0.5) is 5.82 Å². The van der Waals surface area contributed by atoms with Gasteiger partial charge in [0.25, 0.3) is 0 Å². The predicted molar refractivity (Wildman–Crippen MR) is 71.5 cm³/mol. The van der Waals surface area contributed by atoms with Gasteiger partial charge in [-0.1, -0.05) is 6.92 Å². The summed E-state index contributed by atoms with van der Waals surface area (Å²) < 4.78 is 2.04. The fraction of sp³-hybridized carbons (Fsp3) is 0.769. The third kappa shape index (κ3) is 3.00. The summed E-state index contributed by atoms with van der Waals surface area (Å²) in [5.74, 6) is 1.13. The first-order chi connectivity index (χ1) is 8.20. The SMILES string of the molecule is CCC1CN(c2ccn(C(C)C)n2)CCCN1. The standard InChI is InChI=1S/C13H24N4/c1-4-12-10-16(8-5-7-14-12)13-6-9-17(15-13)11(2)3/h6,9,11-12,14H,4-5,7-8,10H2,1-3H3. The van der Waals surface area contributed by atoms with Gasteiger partial charge in [-0.25, -0.2) is 0 Å². The predicted octanol–water partition coefficient (Wildman–Crippen LogP) is 2.04. The molecule has 4 nitrogen and oxygen atoms in total. The average molecular weight is 236 g/mol. The molecule has 0 bridgehead atoms. The molecule has 0 aliphatic carbocycles. The van der Waals surface area contributed by atoms with E-state index >= 15 is 0 Å². The number of rotatable bonds is 3.